The van der Waals surface area contributed by atoms with E-state index in [0.717, 1.165) is 12.8 Å². The fraction of sp³-hybridized carbons (Fsp3) is 0.300. The molecule has 0 atom stereocenters. The summed E-state index contributed by atoms with van der Waals surface area (Å²) in [6, 6.07) is 14.6. The zero-order valence-corrected chi connectivity index (χ0v) is 16.8. The van der Waals surface area contributed by atoms with E-state index in [4.69, 9.17) is 0 Å². The third-order valence-electron chi connectivity index (χ3n) is 4.12. The molecular weight excluding hydrogens is 378 g/mol. The van der Waals surface area contributed by atoms with E-state index in [0.29, 0.717) is 17.8 Å². The van der Waals surface area contributed by atoms with E-state index in [1.807, 2.05) is 6.92 Å². The van der Waals surface area contributed by atoms with Crippen molar-refractivity contribution >= 4 is 27.5 Å². The molecule has 2 aromatic rings. The summed E-state index contributed by atoms with van der Waals surface area (Å²) in [7, 11) is -1.99. The highest BCUT2D eigenvalue weighted by Crippen LogP contribution is 2.18. The molecule has 0 heterocycles. The molecule has 0 saturated heterocycles. The highest BCUT2D eigenvalue weighted by Gasteiger charge is 2.20. The largest absolute Gasteiger partial charge is 0.343 e. The average Bonchev–Trinajstić information content (AvgIpc) is 2.71. The Labute approximate surface area is 165 Å². The Kier molecular flexibility index (Phi) is 7.71. The van der Waals surface area contributed by atoms with Gasteiger partial charge in [-0.15, -0.1) is 0 Å². The van der Waals surface area contributed by atoms with Gasteiger partial charge in [-0.2, -0.15) is 0 Å². The van der Waals surface area contributed by atoms with Gasteiger partial charge in [-0.25, -0.2) is 12.7 Å². The van der Waals surface area contributed by atoms with Gasteiger partial charge in [-0.3, -0.25) is 9.59 Å². The summed E-state index contributed by atoms with van der Waals surface area (Å²) in [4.78, 5) is 24.1. The standard InChI is InChI=1S/C20H25N3O4S/c1-3-4-14-23(2)28(26,27)18-12-10-17(11-13-18)22-19(24)15-21-20(25)16-8-6-5-7-9-16/h5-13H,3-4,14-15H2,1-2H3,(H,21,25)(H,22,24). The summed E-state index contributed by atoms with van der Waals surface area (Å²) in [5.74, 6) is -0.743. The smallest absolute Gasteiger partial charge is 0.251 e. The molecule has 2 rings (SSSR count). The first-order chi connectivity index (χ1) is 13.3. The Balaban J connectivity index is 1.91. The Morgan fingerprint density at radius 3 is 2.25 bits per heavy atom. The van der Waals surface area contributed by atoms with E-state index < -0.39 is 15.9 Å². The van der Waals surface area contributed by atoms with Gasteiger partial charge in [0.15, 0.2) is 0 Å². The predicted molar refractivity (Wildman–Crippen MR) is 109 cm³/mol. The zero-order chi connectivity index (χ0) is 20.6. The Bertz CT molecular complexity index is 897. The van der Waals surface area contributed by atoms with Gasteiger partial charge in [-0.1, -0.05) is 31.5 Å². The minimum absolute atomic E-state index is 0.168. The van der Waals surface area contributed by atoms with Gasteiger partial charge < -0.3 is 10.6 Å². The van der Waals surface area contributed by atoms with Crippen LogP contribution in [-0.4, -0.2) is 44.7 Å². The first kappa shape index (κ1) is 21.6. The van der Waals surface area contributed by atoms with E-state index in [-0.39, 0.29) is 17.3 Å². The van der Waals surface area contributed by atoms with Crippen LogP contribution in [0.25, 0.3) is 0 Å². The van der Waals surface area contributed by atoms with Crippen molar-refractivity contribution < 1.29 is 18.0 Å². The second-order valence-electron chi connectivity index (χ2n) is 6.30. The maximum absolute atomic E-state index is 12.5. The SMILES string of the molecule is CCCCN(C)S(=O)(=O)c1ccc(NC(=O)CNC(=O)c2ccccc2)cc1. The lowest BCUT2D eigenvalue weighted by Crippen LogP contribution is -2.32. The van der Waals surface area contributed by atoms with Crippen LogP contribution in [0.4, 0.5) is 5.69 Å². The van der Waals surface area contributed by atoms with Gasteiger partial charge in [0, 0.05) is 24.8 Å². The summed E-state index contributed by atoms with van der Waals surface area (Å²) in [5, 5.41) is 5.16. The summed E-state index contributed by atoms with van der Waals surface area (Å²) in [6.07, 6.45) is 1.70. The van der Waals surface area contributed by atoms with Crippen LogP contribution in [0.15, 0.2) is 59.5 Å². The van der Waals surface area contributed by atoms with E-state index in [1.54, 1.807) is 37.4 Å². The van der Waals surface area contributed by atoms with Gasteiger partial charge >= 0.3 is 0 Å². The molecule has 150 valence electrons. The van der Waals surface area contributed by atoms with Crippen LogP contribution in [-0.2, 0) is 14.8 Å². The lowest BCUT2D eigenvalue weighted by Gasteiger charge is -2.17. The van der Waals surface area contributed by atoms with Crippen LogP contribution in [0.1, 0.15) is 30.1 Å². The second kappa shape index (κ2) is 10.0. The van der Waals surface area contributed by atoms with Crippen LogP contribution in [0.3, 0.4) is 0 Å². The van der Waals surface area contributed by atoms with Gasteiger partial charge in [0.25, 0.3) is 5.91 Å². The maximum Gasteiger partial charge on any atom is 0.251 e. The molecular formula is C20H25N3O4S. The second-order valence-corrected chi connectivity index (χ2v) is 8.35. The number of carbonyl (C=O) groups is 2. The van der Waals surface area contributed by atoms with E-state index in [1.165, 1.54) is 28.6 Å². The molecule has 28 heavy (non-hydrogen) atoms. The minimum Gasteiger partial charge on any atom is -0.343 e. The number of rotatable bonds is 9. The fourth-order valence-electron chi connectivity index (χ4n) is 2.45. The molecule has 2 amide bonds. The van der Waals surface area contributed by atoms with E-state index >= 15 is 0 Å². The van der Waals surface area contributed by atoms with Gasteiger partial charge in [0.1, 0.15) is 0 Å². The zero-order valence-electron chi connectivity index (χ0n) is 16.0. The number of nitrogens with one attached hydrogen (secondary N) is 2. The quantitative estimate of drug-likeness (QED) is 0.672. The monoisotopic (exact) mass is 403 g/mol. The van der Waals surface area contributed by atoms with Gasteiger partial charge in [-0.05, 0) is 42.8 Å². The highest BCUT2D eigenvalue weighted by molar-refractivity contribution is 7.89. The average molecular weight is 404 g/mol. The first-order valence-corrected chi connectivity index (χ1v) is 10.5. The van der Waals surface area contributed by atoms with Crippen molar-refractivity contribution in [2.24, 2.45) is 0 Å². The van der Waals surface area contributed by atoms with E-state index in [9.17, 15) is 18.0 Å². The number of anilines is 1. The molecule has 0 fully saturated rings. The molecule has 0 aromatic heterocycles. The molecule has 0 bridgehead atoms. The Morgan fingerprint density at radius 2 is 1.64 bits per heavy atom. The van der Waals surface area contributed by atoms with Crippen molar-refractivity contribution in [1.82, 2.24) is 9.62 Å². The molecule has 0 unspecified atom stereocenters. The molecule has 8 heteroatoms. The van der Waals surface area contributed by atoms with Crippen molar-refractivity contribution in [1.29, 1.82) is 0 Å². The molecule has 2 N–H and O–H groups in total. The summed E-state index contributed by atoms with van der Waals surface area (Å²) in [5.41, 5.74) is 0.922. The minimum atomic E-state index is -3.54. The number of hydrogen-bond donors (Lipinski definition) is 2. The van der Waals surface area contributed by atoms with Crippen LogP contribution in [0, 0.1) is 0 Å². The van der Waals surface area contributed by atoms with E-state index in [2.05, 4.69) is 10.6 Å². The van der Waals surface area contributed by atoms with Crippen molar-refractivity contribution in [3.05, 3.63) is 60.2 Å². The number of benzene rings is 2. The Morgan fingerprint density at radius 1 is 1.00 bits per heavy atom. The van der Waals surface area contributed by atoms with Crippen LogP contribution >= 0.6 is 0 Å². The molecule has 7 nitrogen and oxygen atoms in total. The topological polar surface area (TPSA) is 95.6 Å². The normalized spacial score (nSPS) is 11.2. The highest BCUT2D eigenvalue weighted by atomic mass is 32.2. The summed E-state index contributed by atoms with van der Waals surface area (Å²) < 4.78 is 26.3. The fourth-order valence-corrected chi connectivity index (χ4v) is 3.66. The van der Waals surface area contributed by atoms with Crippen molar-refractivity contribution in [3.63, 3.8) is 0 Å². The summed E-state index contributed by atoms with van der Waals surface area (Å²) in [6.45, 7) is 2.27. The van der Waals surface area contributed by atoms with Crippen molar-refractivity contribution in [2.45, 2.75) is 24.7 Å². The number of nitrogens with zero attached hydrogens (tertiary/aromatic N) is 1. The number of unbranched alkanes of at least 4 members (excludes halogenated alkanes) is 1. The number of hydrogen-bond acceptors (Lipinski definition) is 4. The number of carbonyl (C=O) groups excluding carboxylic acids is 2. The lowest BCUT2D eigenvalue weighted by molar-refractivity contribution is -0.115. The van der Waals surface area contributed by atoms with Crippen LogP contribution in [0.2, 0.25) is 0 Å². The third kappa shape index (κ3) is 5.90. The predicted octanol–water partition coefficient (Wildman–Crippen LogP) is 2.48. The maximum atomic E-state index is 12.5. The molecule has 0 aliphatic heterocycles. The first-order valence-electron chi connectivity index (χ1n) is 9.04. The molecule has 0 radical (unpaired) electrons. The molecule has 0 spiro atoms. The number of sulfonamides is 1. The summed E-state index contributed by atoms with van der Waals surface area (Å²) >= 11 is 0. The lowest BCUT2D eigenvalue weighted by atomic mass is 10.2. The third-order valence-corrected chi connectivity index (χ3v) is 5.99. The molecule has 0 saturated carbocycles. The van der Waals surface area contributed by atoms with Crippen LogP contribution < -0.4 is 10.6 Å². The number of amides is 2. The molecule has 2 aromatic carbocycles. The van der Waals surface area contributed by atoms with Gasteiger partial charge in [0.05, 0.1) is 11.4 Å². The Hall–Kier alpha value is -2.71. The van der Waals surface area contributed by atoms with Crippen molar-refractivity contribution in [3.8, 4) is 0 Å². The van der Waals surface area contributed by atoms with Crippen molar-refractivity contribution in [2.75, 3.05) is 25.5 Å². The molecule has 0 aliphatic rings. The van der Waals surface area contributed by atoms with Gasteiger partial charge in [0.2, 0.25) is 15.9 Å². The molecule has 0 aliphatic carbocycles. The van der Waals surface area contributed by atoms with Crippen LogP contribution in [0.5, 0.6) is 0 Å².